The summed E-state index contributed by atoms with van der Waals surface area (Å²) in [5, 5.41) is 5.51. The Hall–Kier alpha value is -3.75. The van der Waals surface area contributed by atoms with Crippen molar-refractivity contribution in [2.24, 2.45) is 0 Å². The van der Waals surface area contributed by atoms with Gasteiger partial charge in [-0.15, -0.1) is 0 Å². The van der Waals surface area contributed by atoms with Crippen molar-refractivity contribution in [3.63, 3.8) is 0 Å². The van der Waals surface area contributed by atoms with Gasteiger partial charge in [0.25, 0.3) is 0 Å². The number of ether oxygens (including phenoxy) is 1. The summed E-state index contributed by atoms with van der Waals surface area (Å²) < 4.78 is 5.41. The Labute approximate surface area is 222 Å². The highest BCUT2D eigenvalue weighted by atomic mass is 16.5. The molecule has 0 atom stereocenters. The van der Waals surface area contributed by atoms with Crippen LogP contribution in [-0.4, -0.2) is 78.1 Å². The van der Waals surface area contributed by atoms with Gasteiger partial charge < -0.3 is 14.5 Å². The van der Waals surface area contributed by atoms with Crippen molar-refractivity contribution in [2.75, 3.05) is 51.8 Å². The minimum Gasteiger partial charge on any atom is -0.379 e. The van der Waals surface area contributed by atoms with E-state index in [4.69, 9.17) is 4.74 Å². The molecule has 0 unspecified atom stereocenters. The quantitative estimate of drug-likeness (QED) is 0.490. The number of morpholine rings is 1. The lowest BCUT2D eigenvalue weighted by Crippen LogP contribution is -2.45. The molecule has 0 bridgehead atoms. The maximum atomic E-state index is 13.0. The molecule has 38 heavy (non-hydrogen) atoms. The molecular weight excluding hydrogens is 478 g/mol. The molecule has 196 valence electrons. The van der Waals surface area contributed by atoms with Crippen molar-refractivity contribution in [3.05, 3.63) is 76.5 Å². The number of rotatable bonds is 7. The number of likely N-dealkylation sites (N-methyl/N-ethyl adjacent to an activating group) is 1. The normalized spacial score (nSPS) is 17.2. The third-order valence-corrected chi connectivity index (χ3v) is 7.82. The van der Waals surface area contributed by atoms with Crippen LogP contribution in [0.15, 0.2) is 48.7 Å². The van der Waals surface area contributed by atoms with Crippen LogP contribution in [0.2, 0.25) is 0 Å². The Bertz CT molecular complexity index is 1400. The fourth-order valence-electron chi connectivity index (χ4n) is 5.65. The number of pyridine rings is 1. The predicted octanol–water partition coefficient (Wildman–Crippen LogP) is 3.68. The first kappa shape index (κ1) is 24.6. The average Bonchev–Trinajstić information content (AvgIpc) is 3.37. The number of hydrogen-bond donors (Lipinski definition) is 1. The van der Waals surface area contributed by atoms with E-state index in [0.29, 0.717) is 25.5 Å². The van der Waals surface area contributed by atoms with Gasteiger partial charge in [0.1, 0.15) is 5.82 Å². The molecule has 8 heteroatoms. The summed E-state index contributed by atoms with van der Waals surface area (Å²) in [5.41, 5.74) is 5.76. The minimum absolute atomic E-state index is 0.0635. The highest BCUT2D eigenvalue weighted by Gasteiger charge is 2.24. The lowest BCUT2D eigenvalue weighted by Gasteiger charge is -2.32. The molecule has 1 aromatic heterocycles. The van der Waals surface area contributed by atoms with Gasteiger partial charge in [-0.3, -0.25) is 15.0 Å². The standard InChI is InChI=1S/C30H33N5O3/c1-33(19-24-9-8-23-7-6-22-3-2-4-26(24)28(22)23)27(36)10-5-21-17-25-20-35(30(37)32-29(25)31-18-21)12-11-34-13-15-38-16-14-34/h2-5,8-10,17-18H,6-7,11-16,19-20H2,1H3,(H,31,32,37)/b10-5+. The first-order valence-corrected chi connectivity index (χ1v) is 13.4. The van der Waals surface area contributed by atoms with Gasteiger partial charge >= 0.3 is 6.03 Å². The second-order valence-corrected chi connectivity index (χ2v) is 10.3. The van der Waals surface area contributed by atoms with E-state index in [-0.39, 0.29) is 11.9 Å². The predicted molar refractivity (Wildman–Crippen MR) is 148 cm³/mol. The first-order chi connectivity index (χ1) is 18.5. The van der Waals surface area contributed by atoms with Crippen LogP contribution in [0.25, 0.3) is 16.8 Å². The molecule has 1 aliphatic carbocycles. The van der Waals surface area contributed by atoms with Crippen LogP contribution >= 0.6 is 0 Å². The summed E-state index contributed by atoms with van der Waals surface area (Å²) >= 11 is 0. The number of fused-ring (bicyclic) bond motifs is 1. The first-order valence-electron chi connectivity index (χ1n) is 13.4. The van der Waals surface area contributed by atoms with Crippen LogP contribution in [0.3, 0.4) is 0 Å². The molecule has 8 nitrogen and oxygen atoms in total. The van der Waals surface area contributed by atoms with Gasteiger partial charge in [-0.05, 0) is 58.0 Å². The van der Waals surface area contributed by atoms with Crippen molar-refractivity contribution >= 4 is 34.6 Å². The number of carbonyl (C=O) groups is 2. The number of benzene rings is 2. The van der Waals surface area contributed by atoms with E-state index in [1.165, 1.54) is 27.5 Å². The van der Waals surface area contributed by atoms with E-state index in [1.807, 2.05) is 18.0 Å². The molecule has 3 heterocycles. The monoisotopic (exact) mass is 511 g/mol. The van der Waals surface area contributed by atoms with E-state index in [0.717, 1.165) is 56.8 Å². The van der Waals surface area contributed by atoms with Gasteiger partial charge in [0, 0.05) is 57.6 Å². The molecule has 2 aromatic carbocycles. The van der Waals surface area contributed by atoms with Gasteiger partial charge in [0.05, 0.1) is 19.8 Å². The Kier molecular flexibility index (Phi) is 6.82. The van der Waals surface area contributed by atoms with Crippen LogP contribution in [0, 0.1) is 0 Å². The zero-order chi connectivity index (χ0) is 26.1. The van der Waals surface area contributed by atoms with Crippen molar-refractivity contribution in [2.45, 2.75) is 25.9 Å². The molecule has 3 aliphatic rings. The molecule has 3 amide bonds. The lowest BCUT2D eigenvalue weighted by atomic mass is 9.99. The highest BCUT2D eigenvalue weighted by molar-refractivity contribution is 5.95. The Morgan fingerprint density at radius 2 is 1.92 bits per heavy atom. The van der Waals surface area contributed by atoms with Crippen LogP contribution in [0.1, 0.15) is 27.8 Å². The fourth-order valence-corrected chi connectivity index (χ4v) is 5.65. The molecule has 2 aliphatic heterocycles. The third kappa shape index (κ3) is 5.01. The SMILES string of the molecule is CN(Cc1ccc2c3c(cccc13)CC2)C(=O)/C=C/c1cnc2c(c1)CN(CCN1CCOCC1)C(=O)N2. The number of aryl methyl sites for hydroxylation is 2. The van der Waals surface area contributed by atoms with Crippen molar-refractivity contribution in [1.82, 2.24) is 19.7 Å². The van der Waals surface area contributed by atoms with Crippen LogP contribution in [-0.2, 0) is 35.5 Å². The van der Waals surface area contributed by atoms with Crippen LogP contribution < -0.4 is 5.32 Å². The molecule has 0 spiro atoms. The average molecular weight is 512 g/mol. The Morgan fingerprint density at radius 3 is 2.76 bits per heavy atom. The number of amides is 3. The number of anilines is 1. The molecule has 1 fully saturated rings. The summed E-state index contributed by atoms with van der Waals surface area (Å²) in [6.45, 7) is 5.79. The lowest BCUT2D eigenvalue weighted by molar-refractivity contribution is -0.125. The van der Waals surface area contributed by atoms with Crippen molar-refractivity contribution in [3.8, 4) is 0 Å². The zero-order valence-electron chi connectivity index (χ0n) is 21.8. The molecule has 6 rings (SSSR count). The molecule has 1 N–H and O–H groups in total. The second-order valence-electron chi connectivity index (χ2n) is 10.3. The smallest absolute Gasteiger partial charge is 0.323 e. The zero-order valence-corrected chi connectivity index (χ0v) is 21.8. The summed E-state index contributed by atoms with van der Waals surface area (Å²) in [6.07, 6.45) is 7.28. The van der Waals surface area contributed by atoms with Gasteiger partial charge in [-0.25, -0.2) is 9.78 Å². The second kappa shape index (κ2) is 10.6. The van der Waals surface area contributed by atoms with Gasteiger partial charge in [0.15, 0.2) is 0 Å². The number of nitrogens with one attached hydrogen (secondary N) is 1. The van der Waals surface area contributed by atoms with E-state index >= 15 is 0 Å². The number of urea groups is 1. The summed E-state index contributed by atoms with van der Waals surface area (Å²) in [5.74, 6) is 0.525. The van der Waals surface area contributed by atoms with Crippen molar-refractivity contribution in [1.29, 1.82) is 0 Å². The Morgan fingerprint density at radius 1 is 1.11 bits per heavy atom. The number of aromatic nitrogens is 1. The fraction of sp³-hybridized carbons (Fsp3) is 0.367. The molecule has 3 aromatic rings. The van der Waals surface area contributed by atoms with Crippen molar-refractivity contribution < 1.29 is 14.3 Å². The van der Waals surface area contributed by atoms with Crippen LogP contribution in [0.5, 0.6) is 0 Å². The third-order valence-electron chi connectivity index (χ3n) is 7.82. The summed E-state index contributed by atoms with van der Waals surface area (Å²) in [6, 6.07) is 12.7. The van der Waals surface area contributed by atoms with E-state index in [9.17, 15) is 9.59 Å². The van der Waals surface area contributed by atoms with E-state index in [1.54, 1.807) is 23.2 Å². The summed E-state index contributed by atoms with van der Waals surface area (Å²) in [7, 11) is 1.84. The Balaban J connectivity index is 1.10. The minimum atomic E-state index is -0.124. The van der Waals surface area contributed by atoms with E-state index in [2.05, 4.69) is 45.5 Å². The maximum Gasteiger partial charge on any atom is 0.323 e. The van der Waals surface area contributed by atoms with Crippen LogP contribution in [0.4, 0.5) is 10.6 Å². The molecule has 1 saturated heterocycles. The molecule has 0 saturated carbocycles. The maximum absolute atomic E-state index is 13.0. The van der Waals surface area contributed by atoms with Gasteiger partial charge in [-0.2, -0.15) is 0 Å². The topological polar surface area (TPSA) is 78.0 Å². The number of carbonyl (C=O) groups excluding carboxylic acids is 2. The highest BCUT2D eigenvalue weighted by Crippen LogP contribution is 2.33. The van der Waals surface area contributed by atoms with Gasteiger partial charge in [0.2, 0.25) is 5.91 Å². The largest absolute Gasteiger partial charge is 0.379 e. The number of hydrogen-bond acceptors (Lipinski definition) is 5. The number of nitrogens with zero attached hydrogens (tertiary/aromatic N) is 4. The van der Waals surface area contributed by atoms with Gasteiger partial charge in [-0.1, -0.05) is 30.3 Å². The molecular formula is C30H33N5O3. The molecule has 0 radical (unpaired) electrons. The summed E-state index contributed by atoms with van der Waals surface area (Å²) in [4.78, 5) is 35.8. The van der Waals surface area contributed by atoms with E-state index < -0.39 is 0 Å².